The Morgan fingerprint density at radius 3 is 2.33 bits per heavy atom. The van der Waals surface area contributed by atoms with Crippen LogP contribution >= 0.6 is 15.9 Å². The molecule has 24 heavy (non-hydrogen) atoms. The molecule has 3 nitrogen and oxygen atoms in total. The summed E-state index contributed by atoms with van der Waals surface area (Å²) in [7, 11) is 0. The van der Waals surface area contributed by atoms with Gasteiger partial charge in [0.15, 0.2) is 5.82 Å². The number of pyridine rings is 1. The normalized spacial score (nSPS) is 11.1. The van der Waals surface area contributed by atoms with Crippen LogP contribution in [0.5, 0.6) is 0 Å². The van der Waals surface area contributed by atoms with Crippen molar-refractivity contribution >= 4 is 15.9 Å². The summed E-state index contributed by atoms with van der Waals surface area (Å²) in [6.07, 6.45) is 4.11. The van der Waals surface area contributed by atoms with E-state index in [2.05, 4.69) is 98.3 Å². The molecule has 2 aromatic carbocycles. The molecule has 0 unspecified atom stereocenters. The lowest BCUT2D eigenvalue weighted by Gasteiger charge is -2.08. The lowest BCUT2D eigenvalue weighted by Crippen LogP contribution is -2.00. The molecule has 4 heteroatoms. The molecule has 0 atom stereocenters. The summed E-state index contributed by atoms with van der Waals surface area (Å²) in [5, 5.41) is 0. The highest BCUT2D eigenvalue weighted by Gasteiger charge is 2.12. The third-order valence-electron chi connectivity index (χ3n) is 4.02. The summed E-state index contributed by atoms with van der Waals surface area (Å²) in [6, 6.07) is 18.7. The SMILES string of the molecule is Cc1ccc(-c2nc3ccn(Cc4ccc(Br)cc4)cc-3n2)cc1. The number of hydrogen-bond acceptors (Lipinski definition) is 2. The highest BCUT2D eigenvalue weighted by molar-refractivity contribution is 9.10. The Morgan fingerprint density at radius 2 is 1.58 bits per heavy atom. The van der Waals surface area contributed by atoms with E-state index in [0.717, 1.165) is 33.8 Å². The summed E-state index contributed by atoms with van der Waals surface area (Å²) < 4.78 is 3.23. The molecule has 0 saturated carbocycles. The Labute approximate surface area is 149 Å². The summed E-state index contributed by atoms with van der Waals surface area (Å²) in [5.74, 6) is 0.784. The average Bonchev–Trinajstić information content (AvgIpc) is 3.01. The van der Waals surface area contributed by atoms with Crippen LogP contribution in [-0.4, -0.2) is 14.5 Å². The van der Waals surface area contributed by atoms with Gasteiger partial charge >= 0.3 is 0 Å². The van der Waals surface area contributed by atoms with Gasteiger partial charge in [0.1, 0.15) is 5.69 Å². The lowest BCUT2D eigenvalue weighted by molar-refractivity contribution is 0.789. The summed E-state index contributed by atoms with van der Waals surface area (Å²) >= 11 is 3.47. The van der Waals surface area contributed by atoms with Crippen LogP contribution in [0.4, 0.5) is 0 Å². The molecule has 0 spiro atoms. The van der Waals surface area contributed by atoms with Crippen LogP contribution in [0.25, 0.3) is 22.8 Å². The van der Waals surface area contributed by atoms with Crippen LogP contribution < -0.4 is 0 Å². The predicted molar refractivity (Wildman–Crippen MR) is 100 cm³/mol. The summed E-state index contributed by atoms with van der Waals surface area (Å²) in [6.45, 7) is 2.90. The van der Waals surface area contributed by atoms with Gasteiger partial charge in [-0.3, -0.25) is 0 Å². The number of nitrogens with zero attached hydrogens (tertiary/aromatic N) is 3. The average molecular weight is 378 g/mol. The molecule has 0 aliphatic carbocycles. The number of rotatable bonds is 3. The Morgan fingerprint density at radius 1 is 0.875 bits per heavy atom. The van der Waals surface area contributed by atoms with E-state index in [9.17, 15) is 0 Å². The maximum absolute atomic E-state index is 4.69. The first-order valence-corrected chi connectivity index (χ1v) is 8.62. The monoisotopic (exact) mass is 377 g/mol. The maximum Gasteiger partial charge on any atom is 0.160 e. The quantitative estimate of drug-likeness (QED) is 0.493. The predicted octanol–water partition coefficient (Wildman–Crippen LogP) is 5.17. The van der Waals surface area contributed by atoms with Crippen LogP contribution in [0.1, 0.15) is 11.1 Å². The largest absolute Gasteiger partial charge is 0.348 e. The molecule has 0 radical (unpaired) electrons. The first kappa shape index (κ1) is 15.1. The van der Waals surface area contributed by atoms with Crippen molar-refractivity contribution in [2.45, 2.75) is 13.5 Å². The van der Waals surface area contributed by atoms with E-state index in [1.165, 1.54) is 11.1 Å². The Balaban J connectivity index is 1.65. The minimum Gasteiger partial charge on any atom is -0.348 e. The van der Waals surface area contributed by atoms with Gasteiger partial charge in [0.05, 0.1) is 5.69 Å². The van der Waals surface area contributed by atoms with Gasteiger partial charge in [-0.05, 0) is 30.7 Å². The molecule has 0 fully saturated rings. The van der Waals surface area contributed by atoms with E-state index in [-0.39, 0.29) is 0 Å². The number of hydrogen-bond donors (Lipinski definition) is 0. The number of fused-ring (bicyclic) bond motifs is 1. The van der Waals surface area contributed by atoms with Gasteiger partial charge in [0.2, 0.25) is 0 Å². The smallest absolute Gasteiger partial charge is 0.160 e. The van der Waals surface area contributed by atoms with Crippen LogP contribution in [0, 0.1) is 6.92 Å². The highest BCUT2D eigenvalue weighted by Crippen LogP contribution is 2.25. The number of halogens is 1. The van der Waals surface area contributed by atoms with E-state index in [1.807, 2.05) is 6.07 Å². The minimum atomic E-state index is 0.784. The first-order chi connectivity index (χ1) is 11.7. The second-order valence-electron chi connectivity index (χ2n) is 5.93. The maximum atomic E-state index is 4.69. The number of benzene rings is 2. The number of imidazole rings is 1. The van der Waals surface area contributed by atoms with Crippen molar-refractivity contribution in [1.82, 2.24) is 14.5 Å². The zero-order valence-electron chi connectivity index (χ0n) is 13.3. The van der Waals surface area contributed by atoms with Gasteiger partial charge in [0.25, 0.3) is 0 Å². The molecule has 4 rings (SSSR count). The number of aromatic nitrogens is 3. The molecule has 2 heterocycles. The van der Waals surface area contributed by atoms with Crippen molar-refractivity contribution in [3.63, 3.8) is 0 Å². The van der Waals surface area contributed by atoms with Gasteiger partial charge in [-0.2, -0.15) is 0 Å². The lowest BCUT2D eigenvalue weighted by atomic mass is 10.1. The third-order valence-corrected chi connectivity index (χ3v) is 4.54. The van der Waals surface area contributed by atoms with E-state index in [1.54, 1.807) is 0 Å². The third kappa shape index (κ3) is 3.10. The molecule has 118 valence electrons. The van der Waals surface area contributed by atoms with Crippen molar-refractivity contribution in [2.24, 2.45) is 0 Å². The van der Waals surface area contributed by atoms with Crippen molar-refractivity contribution < 1.29 is 0 Å². The van der Waals surface area contributed by atoms with Crippen LogP contribution in [0.15, 0.2) is 71.5 Å². The fourth-order valence-corrected chi connectivity index (χ4v) is 2.95. The molecule has 0 bridgehead atoms. The molecular weight excluding hydrogens is 362 g/mol. The molecule has 2 aromatic rings. The fourth-order valence-electron chi connectivity index (χ4n) is 2.68. The van der Waals surface area contributed by atoms with Gasteiger partial charge < -0.3 is 4.57 Å². The molecular formula is C20H16BrN3. The molecule has 2 aliphatic heterocycles. The fraction of sp³-hybridized carbons (Fsp3) is 0.100. The minimum absolute atomic E-state index is 0.784. The molecule has 0 N–H and O–H groups in total. The van der Waals surface area contributed by atoms with Crippen LogP contribution in [0.3, 0.4) is 0 Å². The van der Waals surface area contributed by atoms with Crippen molar-refractivity contribution in [3.05, 3.63) is 82.6 Å². The second kappa shape index (κ2) is 6.21. The van der Waals surface area contributed by atoms with E-state index >= 15 is 0 Å². The Kier molecular flexibility index (Phi) is 3.90. The van der Waals surface area contributed by atoms with Gasteiger partial charge in [-0.1, -0.05) is 57.9 Å². The van der Waals surface area contributed by atoms with Crippen molar-refractivity contribution in [1.29, 1.82) is 0 Å². The second-order valence-corrected chi connectivity index (χ2v) is 6.84. The van der Waals surface area contributed by atoms with Gasteiger partial charge in [-0.15, -0.1) is 0 Å². The van der Waals surface area contributed by atoms with E-state index in [4.69, 9.17) is 0 Å². The highest BCUT2D eigenvalue weighted by atomic mass is 79.9. The van der Waals surface area contributed by atoms with Crippen LogP contribution in [-0.2, 0) is 6.54 Å². The zero-order valence-corrected chi connectivity index (χ0v) is 14.9. The Hall–Kier alpha value is -2.46. The van der Waals surface area contributed by atoms with Gasteiger partial charge in [0, 0.05) is 29.0 Å². The van der Waals surface area contributed by atoms with E-state index < -0.39 is 0 Å². The standard InChI is InChI=1S/C20H16BrN3/c1-14-2-6-16(7-3-14)20-22-18-10-11-24(13-19(18)23-20)12-15-4-8-17(21)9-5-15/h2-11,13H,12H2,1H3. The van der Waals surface area contributed by atoms with Crippen molar-refractivity contribution in [3.8, 4) is 22.8 Å². The van der Waals surface area contributed by atoms with Crippen LogP contribution in [0.2, 0.25) is 0 Å². The van der Waals surface area contributed by atoms with Crippen molar-refractivity contribution in [2.75, 3.05) is 0 Å². The topological polar surface area (TPSA) is 30.7 Å². The van der Waals surface area contributed by atoms with Gasteiger partial charge in [-0.25, -0.2) is 9.97 Å². The van der Waals surface area contributed by atoms with E-state index in [0.29, 0.717) is 0 Å². The summed E-state index contributed by atoms with van der Waals surface area (Å²) in [4.78, 5) is 9.33. The molecule has 0 saturated heterocycles. The molecule has 2 aliphatic rings. The number of aryl methyl sites for hydroxylation is 1. The molecule has 0 aromatic heterocycles. The first-order valence-electron chi connectivity index (χ1n) is 7.82. The summed E-state index contributed by atoms with van der Waals surface area (Å²) in [5.41, 5.74) is 5.39. The zero-order chi connectivity index (χ0) is 16.5. The molecule has 0 amide bonds. The Bertz CT molecular complexity index is 940.